The summed E-state index contributed by atoms with van der Waals surface area (Å²) in [5.74, 6) is -0.0180. The van der Waals surface area contributed by atoms with Crippen LogP contribution in [0.15, 0.2) is 36.5 Å². The molecule has 1 N–H and O–H groups in total. The first-order valence-electron chi connectivity index (χ1n) is 6.59. The molecule has 20 heavy (non-hydrogen) atoms. The van der Waals surface area contributed by atoms with Gasteiger partial charge < -0.3 is 14.8 Å². The molecule has 0 unspecified atom stereocenters. The number of fused-ring (bicyclic) bond motifs is 1. The first-order valence-corrected chi connectivity index (χ1v) is 6.97. The number of nitrogens with zero attached hydrogens (tertiary/aromatic N) is 2. The van der Waals surface area contributed by atoms with E-state index >= 15 is 0 Å². The first kappa shape index (κ1) is 13.2. The van der Waals surface area contributed by atoms with Gasteiger partial charge in [-0.15, -0.1) is 0 Å². The van der Waals surface area contributed by atoms with Gasteiger partial charge in [0, 0.05) is 38.6 Å². The van der Waals surface area contributed by atoms with E-state index in [2.05, 4.69) is 5.32 Å². The van der Waals surface area contributed by atoms with Gasteiger partial charge in [0.1, 0.15) is 5.69 Å². The highest BCUT2D eigenvalue weighted by Crippen LogP contribution is 2.25. The molecule has 1 aliphatic rings. The molecule has 3 rings (SSSR count). The quantitative estimate of drug-likeness (QED) is 0.875. The molecule has 2 heterocycles. The van der Waals surface area contributed by atoms with E-state index in [9.17, 15) is 4.79 Å². The number of rotatable bonds is 1. The van der Waals surface area contributed by atoms with E-state index < -0.39 is 0 Å². The fourth-order valence-corrected chi connectivity index (χ4v) is 2.79. The number of aromatic nitrogens is 1. The standard InChI is InChI=1S/C15H16ClN3O/c1-18-10-12(16)8-14(18)15(20)19-7-6-17-9-11-4-2-3-5-13(11)19/h2-5,8,10,17H,6-7,9H2,1H3. The molecule has 1 aromatic heterocycles. The average molecular weight is 290 g/mol. The predicted molar refractivity (Wildman–Crippen MR) is 80.2 cm³/mol. The Labute approximate surface area is 123 Å². The molecule has 0 saturated heterocycles. The van der Waals surface area contributed by atoms with E-state index in [0.717, 1.165) is 24.3 Å². The number of benzene rings is 1. The van der Waals surface area contributed by atoms with Gasteiger partial charge in [-0.25, -0.2) is 0 Å². The maximum atomic E-state index is 12.8. The Morgan fingerprint density at radius 2 is 2.15 bits per heavy atom. The molecule has 104 valence electrons. The summed E-state index contributed by atoms with van der Waals surface area (Å²) in [5.41, 5.74) is 2.71. The number of carbonyl (C=O) groups excluding carboxylic acids is 1. The van der Waals surface area contributed by atoms with Crippen molar-refractivity contribution in [3.05, 3.63) is 52.8 Å². The second-order valence-electron chi connectivity index (χ2n) is 4.92. The van der Waals surface area contributed by atoms with Crippen LogP contribution in [0.3, 0.4) is 0 Å². The van der Waals surface area contributed by atoms with Crippen molar-refractivity contribution >= 4 is 23.2 Å². The molecule has 0 saturated carbocycles. The molecule has 2 aromatic rings. The smallest absolute Gasteiger partial charge is 0.274 e. The number of anilines is 1. The summed E-state index contributed by atoms with van der Waals surface area (Å²) in [7, 11) is 1.83. The monoisotopic (exact) mass is 289 g/mol. The Kier molecular flexibility index (Phi) is 3.51. The van der Waals surface area contributed by atoms with E-state index in [1.54, 1.807) is 16.8 Å². The lowest BCUT2D eigenvalue weighted by Gasteiger charge is -2.22. The third kappa shape index (κ3) is 2.32. The lowest BCUT2D eigenvalue weighted by atomic mass is 10.1. The van der Waals surface area contributed by atoms with Gasteiger partial charge in [-0.3, -0.25) is 4.79 Å². The van der Waals surface area contributed by atoms with E-state index in [1.165, 1.54) is 0 Å². The summed E-state index contributed by atoms with van der Waals surface area (Å²) < 4.78 is 1.77. The number of halogens is 1. The minimum Gasteiger partial charge on any atom is -0.345 e. The predicted octanol–water partition coefficient (Wildman–Crippen LogP) is 2.43. The molecule has 5 heteroatoms. The molecule has 0 bridgehead atoms. The highest BCUT2D eigenvalue weighted by Gasteiger charge is 2.23. The van der Waals surface area contributed by atoms with Crippen LogP contribution in [0.4, 0.5) is 5.69 Å². The van der Waals surface area contributed by atoms with Crippen LogP contribution in [-0.4, -0.2) is 23.6 Å². The lowest BCUT2D eigenvalue weighted by molar-refractivity contribution is 0.0980. The summed E-state index contributed by atoms with van der Waals surface area (Å²) in [6.45, 7) is 2.21. The zero-order chi connectivity index (χ0) is 14.1. The van der Waals surface area contributed by atoms with Crippen molar-refractivity contribution in [3.63, 3.8) is 0 Å². The molecule has 0 fully saturated rings. The van der Waals surface area contributed by atoms with Gasteiger partial charge in [0.15, 0.2) is 0 Å². The molecule has 1 amide bonds. The van der Waals surface area contributed by atoms with Crippen molar-refractivity contribution in [2.24, 2.45) is 7.05 Å². The van der Waals surface area contributed by atoms with Crippen LogP contribution < -0.4 is 10.2 Å². The number of para-hydroxylation sites is 1. The number of hydrogen-bond acceptors (Lipinski definition) is 2. The average Bonchev–Trinajstić information content (AvgIpc) is 2.66. The van der Waals surface area contributed by atoms with Crippen molar-refractivity contribution < 1.29 is 4.79 Å². The minimum atomic E-state index is -0.0180. The number of carbonyl (C=O) groups is 1. The maximum Gasteiger partial charge on any atom is 0.274 e. The molecule has 0 aliphatic carbocycles. The third-order valence-corrected chi connectivity index (χ3v) is 3.75. The van der Waals surface area contributed by atoms with Gasteiger partial charge >= 0.3 is 0 Å². The van der Waals surface area contributed by atoms with Crippen LogP contribution >= 0.6 is 11.6 Å². The second kappa shape index (κ2) is 5.31. The highest BCUT2D eigenvalue weighted by molar-refractivity contribution is 6.31. The van der Waals surface area contributed by atoms with Crippen molar-refractivity contribution in [1.29, 1.82) is 0 Å². The molecular formula is C15H16ClN3O. The van der Waals surface area contributed by atoms with Gasteiger partial charge in [0.25, 0.3) is 5.91 Å². The largest absolute Gasteiger partial charge is 0.345 e. The molecule has 1 aromatic carbocycles. The number of aryl methyl sites for hydroxylation is 1. The SMILES string of the molecule is Cn1cc(Cl)cc1C(=O)N1CCNCc2ccccc21. The van der Waals surface area contributed by atoms with Crippen LogP contribution in [0, 0.1) is 0 Å². The Morgan fingerprint density at radius 1 is 1.35 bits per heavy atom. The number of amides is 1. The summed E-state index contributed by atoms with van der Waals surface area (Å²) in [5, 5.41) is 3.91. The van der Waals surface area contributed by atoms with Crippen LogP contribution in [0.2, 0.25) is 5.02 Å². The van der Waals surface area contributed by atoms with Crippen LogP contribution in [0.25, 0.3) is 0 Å². The van der Waals surface area contributed by atoms with Crippen LogP contribution in [0.5, 0.6) is 0 Å². The van der Waals surface area contributed by atoms with Gasteiger partial charge in [-0.05, 0) is 17.7 Å². The van der Waals surface area contributed by atoms with Crippen molar-refractivity contribution in [3.8, 4) is 0 Å². The zero-order valence-electron chi connectivity index (χ0n) is 11.3. The van der Waals surface area contributed by atoms with Gasteiger partial charge in [-0.2, -0.15) is 0 Å². The minimum absolute atomic E-state index is 0.0180. The van der Waals surface area contributed by atoms with Crippen LogP contribution in [0.1, 0.15) is 16.1 Å². The van der Waals surface area contributed by atoms with Crippen LogP contribution in [-0.2, 0) is 13.6 Å². The van der Waals surface area contributed by atoms with E-state index in [0.29, 0.717) is 17.3 Å². The fraction of sp³-hybridized carbons (Fsp3) is 0.267. The Bertz CT molecular complexity index is 650. The lowest BCUT2D eigenvalue weighted by Crippen LogP contribution is -2.35. The Morgan fingerprint density at radius 3 is 2.90 bits per heavy atom. The fourth-order valence-electron chi connectivity index (χ4n) is 2.54. The van der Waals surface area contributed by atoms with E-state index in [1.807, 2.05) is 36.2 Å². The summed E-state index contributed by atoms with van der Waals surface area (Å²) >= 11 is 5.98. The molecule has 0 atom stereocenters. The maximum absolute atomic E-state index is 12.8. The molecule has 0 spiro atoms. The molecule has 1 aliphatic heterocycles. The number of nitrogens with one attached hydrogen (secondary N) is 1. The Hall–Kier alpha value is -1.78. The summed E-state index contributed by atoms with van der Waals surface area (Å²) in [4.78, 5) is 14.6. The summed E-state index contributed by atoms with van der Waals surface area (Å²) in [6.07, 6.45) is 1.75. The third-order valence-electron chi connectivity index (χ3n) is 3.55. The molecule has 4 nitrogen and oxygen atoms in total. The summed E-state index contributed by atoms with van der Waals surface area (Å²) in [6, 6.07) is 9.71. The van der Waals surface area contributed by atoms with E-state index in [4.69, 9.17) is 11.6 Å². The number of hydrogen-bond donors (Lipinski definition) is 1. The van der Waals surface area contributed by atoms with Gasteiger partial charge in [0.05, 0.1) is 5.02 Å². The topological polar surface area (TPSA) is 37.3 Å². The van der Waals surface area contributed by atoms with Gasteiger partial charge in [0.2, 0.25) is 0 Å². The van der Waals surface area contributed by atoms with Crippen molar-refractivity contribution in [2.45, 2.75) is 6.54 Å². The molecular weight excluding hydrogens is 274 g/mol. The normalized spacial score (nSPS) is 14.8. The van der Waals surface area contributed by atoms with Crippen molar-refractivity contribution in [1.82, 2.24) is 9.88 Å². The second-order valence-corrected chi connectivity index (χ2v) is 5.35. The molecule has 0 radical (unpaired) electrons. The Balaban J connectivity index is 2.01. The first-order chi connectivity index (χ1) is 9.66. The van der Waals surface area contributed by atoms with E-state index in [-0.39, 0.29) is 5.91 Å². The highest BCUT2D eigenvalue weighted by atomic mass is 35.5. The zero-order valence-corrected chi connectivity index (χ0v) is 12.0. The van der Waals surface area contributed by atoms with Crippen molar-refractivity contribution in [2.75, 3.05) is 18.0 Å². The van der Waals surface area contributed by atoms with Gasteiger partial charge in [-0.1, -0.05) is 29.8 Å².